The standard InChI is InChI=1S/C21H26N2O5/c1-6-9-23-20(24)18(15-7-8-16(26-4)17(10-15)27-5)19(21(23)25)22-11-13(2)28-14(3)12-22/h6-8,10,13-14H,1,9,11-12H2,2-5H3. The predicted molar refractivity (Wildman–Crippen MR) is 105 cm³/mol. The van der Waals surface area contributed by atoms with Crippen molar-refractivity contribution in [2.24, 2.45) is 0 Å². The first-order valence-corrected chi connectivity index (χ1v) is 9.25. The molecule has 7 heteroatoms. The highest BCUT2D eigenvalue weighted by atomic mass is 16.5. The van der Waals surface area contributed by atoms with Gasteiger partial charge in [0.25, 0.3) is 11.8 Å². The van der Waals surface area contributed by atoms with Crippen molar-refractivity contribution in [1.82, 2.24) is 9.80 Å². The summed E-state index contributed by atoms with van der Waals surface area (Å²) >= 11 is 0. The molecule has 2 aliphatic rings. The van der Waals surface area contributed by atoms with E-state index in [-0.39, 0.29) is 30.6 Å². The molecular weight excluding hydrogens is 360 g/mol. The van der Waals surface area contributed by atoms with Gasteiger partial charge in [-0.15, -0.1) is 6.58 Å². The molecule has 2 heterocycles. The number of carbonyl (C=O) groups is 2. The summed E-state index contributed by atoms with van der Waals surface area (Å²) in [5, 5.41) is 0. The summed E-state index contributed by atoms with van der Waals surface area (Å²) in [5.41, 5.74) is 1.39. The zero-order valence-corrected chi connectivity index (χ0v) is 16.7. The highest BCUT2D eigenvalue weighted by Crippen LogP contribution is 2.37. The maximum atomic E-state index is 13.1. The van der Waals surface area contributed by atoms with Gasteiger partial charge < -0.3 is 19.1 Å². The first-order valence-electron chi connectivity index (χ1n) is 9.25. The summed E-state index contributed by atoms with van der Waals surface area (Å²) < 4.78 is 16.5. The number of carbonyl (C=O) groups excluding carboxylic acids is 2. The molecule has 28 heavy (non-hydrogen) atoms. The average Bonchev–Trinajstić information content (AvgIpc) is 2.91. The second kappa shape index (κ2) is 8.06. The fourth-order valence-corrected chi connectivity index (χ4v) is 3.76. The number of methoxy groups -OCH3 is 2. The summed E-state index contributed by atoms with van der Waals surface area (Å²) in [7, 11) is 3.09. The van der Waals surface area contributed by atoms with E-state index >= 15 is 0 Å². The molecule has 3 rings (SSSR count). The van der Waals surface area contributed by atoms with Gasteiger partial charge in [0, 0.05) is 19.6 Å². The van der Waals surface area contributed by atoms with Crippen LogP contribution in [-0.4, -0.2) is 67.7 Å². The van der Waals surface area contributed by atoms with Crippen LogP contribution < -0.4 is 9.47 Å². The Morgan fingerprint density at radius 2 is 1.75 bits per heavy atom. The number of hydrogen-bond acceptors (Lipinski definition) is 6. The molecule has 0 aromatic heterocycles. The topological polar surface area (TPSA) is 68.3 Å². The Labute approximate surface area is 165 Å². The van der Waals surface area contributed by atoms with Crippen molar-refractivity contribution in [1.29, 1.82) is 0 Å². The fourth-order valence-electron chi connectivity index (χ4n) is 3.76. The van der Waals surface area contributed by atoms with Gasteiger partial charge in [0.2, 0.25) is 0 Å². The Kier molecular flexibility index (Phi) is 5.74. The number of imide groups is 1. The van der Waals surface area contributed by atoms with Crippen LogP contribution in [0.15, 0.2) is 36.6 Å². The van der Waals surface area contributed by atoms with E-state index in [1.165, 1.54) is 12.0 Å². The largest absolute Gasteiger partial charge is 0.493 e. The van der Waals surface area contributed by atoms with E-state index in [2.05, 4.69) is 6.58 Å². The third-order valence-corrected chi connectivity index (χ3v) is 4.86. The lowest BCUT2D eigenvalue weighted by atomic mass is 10.0. The van der Waals surface area contributed by atoms with Gasteiger partial charge in [0.1, 0.15) is 5.70 Å². The Morgan fingerprint density at radius 3 is 2.32 bits per heavy atom. The van der Waals surface area contributed by atoms with Crippen LogP contribution in [0.5, 0.6) is 11.5 Å². The van der Waals surface area contributed by atoms with Gasteiger partial charge in [-0.05, 0) is 31.5 Å². The molecule has 0 bridgehead atoms. The molecule has 0 N–H and O–H groups in total. The minimum Gasteiger partial charge on any atom is -0.493 e. The lowest BCUT2D eigenvalue weighted by Gasteiger charge is -2.37. The van der Waals surface area contributed by atoms with E-state index in [0.717, 1.165) is 0 Å². The van der Waals surface area contributed by atoms with Crippen molar-refractivity contribution < 1.29 is 23.8 Å². The minimum absolute atomic E-state index is 0.0424. The Bertz CT molecular complexity index is 822. The van der Waals surface area contributed by atoms with E-state index in [1.54, 1.807) is 31.4 Å². The van der Waals surface area contributed by atoms with Crippen molar-refractivity contribution in [2.75, 3.05) is 33.9 Å². The Hall–Kier alpha value is -2.80. The number of morpholine rings is 1. The van der Waals surface area contributed by atoms with Crippen LogP contribution in [0.1, 0.15) is 19.4 Å². The number of hydrogen-bond donors (Lipinski definition) is 0. The summed E-state index contributed by atoms with van der Waals surface area (Å²) in [6.45, 7) is 8.83. The summed E-state index contributed by atoms with van der Waals surface area (Å²) in [6, 6.07) is 5.23. The molecule has 1 aromatic carbocycles. The van der Waals surface area contributed by atoms with E-state index in [1.807, 2.05) is 18.7 Å². The number of nitrogens with zero attached hydrogens (tertiary/aromatic N) is 2. The van der Waals surface area contributed by atoms with Gasteiger partial charge >= 0.3 is 0 Å². The fraction of sp³-hybridized carbons (Fsp3) is 0.429. The van der Waals surface area contributed by atoms with Crippen molar-refractivity contribution in [2.45, 2.75) is 26.1 Å². The number of amides is 2. The molecule has 1 saturated heterocycles. The SMILES string of the molecule is C=CCN1C(=O)C(c2ccc(OC)c(OC)c2)=C(N2CC(C)OC(C)C2)C1=O. The molecule has 0 aliphatic carbocycles. The minimum atomic E-state index is -0.334. The number of rotatable bonds is 6. The normalized spacial score (nSPS) is 22.7. The first kappa shape index (κ1) is 19.9. The van der Waals surface area contributed by atoms with Crippen molar-refractivity contribution in [3.8, 4) is 11.5 Å². The second-order valence-electron chi connectivity index (χ2n) is 6.97. The van der Waals surface area contributed by atoms with Gasteiger partial charge in [-0.1, -0.05) is 12.1 Å². The molecule has 1 aromatic rings. The predicted octanol–water partition coefficient (Wildman–Crippen LogP) is 2.08. The quantitative estimate of drug-likeness (QED) is 0.551. The van der Waals surface area contributed by atoms with E-state index < -0.39 is 0 Å². The molecule has 7 nitrogen and oxygen atoms in total. The molecule has 2 atom stereocenters. The maximum Gasteiger partial charge on any atom is 0.278 e. The van der Waals surface area contributed by atoms with E-state index in [4.69, 9.17) is 14.2 Å². The smallest absolute Gasteiger partial charge is 0.278 e. The Morgan fingerprint density at radius 1 is 1.11 bits per heavy atom. The zero-order chi connectivity index (χ0) is 20.4. The molecule has 2 amide bonds. The summed E-state index contributed by atoms with van der Waals surface area (Å²) in [6.07, 6.45) is 1.47. The van der Waals surface area contributed by atoms with E-state index in [0.29, 0.717) is 41.4 Å². The molecule has 0 spiro atoms. The van der Waals surface area contributed by atoms with Gasteiger partial charge in [-0.2, -0.15) is 0 Å². The summed E-state index contributed by atoms with van der Waals surface area (Å²) in [5.74, 6) is 0.412. The monoisotopic (exact) mass is 386 g/mol. The lowest BCUT2D eigenvalue weighted by molar-refractivity contribution is -0.137. The van der Waals surface area contributed by atoms with Crippen LogP contribution in [0.3, 0.4) is 0 Å². The van der Waals surface area contributed by atoms with Crippen molar-refractivity contribution in [3.63, 3.8) is 0 Å². The van der Waals surface area contributed by atoms with Gasteiger partial charge in [0.15, 0.2) is 11.5 Å². The number of benzene rings is 1. The van der Waals surface area contributed by atoms with Gasteiger partial charge in [0.05, 0.1) is 32.0 Å². The van der Waals surface area contributed by atoms with Crippen LogP contribution in [0, 0.1) is 0 Å². The van der Waals surface area contributed by atoms with Gasteiger partial charge in [-0.25, -0.2) is 0 Å². The van der Waals surface area contributed by atoms with E-state index in [9.17, 15) is 9.59 Å². The lowest BCUT2D eigenvalue weighted by Crippen LogP contribution is -2.47. The van der Waals surface area contributed by atoms with Crippen LogP contribution in [0.4, 0.5) is 0 Å². The highest BCUT2D eigenvalue weighted by molar-refractivity contribution is 6.35. The van der Waals surface area contributed by atoms with Crippen LogP contribution >= 0.6 is 0 Å². The zero-order valence-electron chi connectivity index (χ0n) is 16.7. The molecule has 150 valence electrons. The molecule has 1 fully saturated rings. The first-order chi connectivity index (χ1) is 13.4. The van der Waals surface area contributed by atoms with Crippen LogP contribution in [0.2, 0.25) is 0 Å². The molecule has 2 aliphatic heterocycles. The Balaban J connectivity index is 2.13. The van der Waals surface area contributed by atoms with Crippen LogP contribution in [-0.2, 0) is 14.3 Å². The summed E-state index contributed by atoms with van der Waals surface area (Å²) in [4.78, 5) is 29.5. The highest BCUT2D eigenvalue weighted by Gasteiger charge is 2.42. The van der Waals surface area contributed by atoms with Crippen LogP contribution in [0.25, 0.3) is 5.57 Å². The molecule has 0 radical (unpaired) electrons. The average molecular weight is 386 g/mol. The molecular formula is C21H26N2O5. The van der Waals surface area contributed by atoms with Crippen molar-refractivity contribution >= 4 is 17.4 Å². The third-order valence-electron chi connectivity index (χ3n) is 4.86. The molecule has 2 unspecified atom stereocenters. The van der Waals surface area contributed by atoms with Crippen molar-refractivity contribution in [3.05, 3.63) is 42.1 Å². The second-order valence-corrected chi connectivity index (χ2v) is 6.97. The molecule has 0 saturated carbocycles. The third kappa shape index (κ3) is 3.49. The number of ether oxygens (including phenoxy) is 3. The van der Waals surface area contributed by atoms with Gasteiger partial charge in [-0.3, -0.25) is 14.5 Å². The maximum absolute atomic E-state index is 13.1.